The van der Waals surface area contributed by atoms with Crippen molar-refractivity contribution in [3.8, 4) is 17.1 Å². The standard InChI is InChI=1S/C12H8N2O3S/c15-10-9(13-11(16)12(17)14-10)7-5-18-8-4-2-1-3-6(7)8/h1-5H,(H,13,16)(H2,14,15,17). The number of fused-ring (bicyclic) bond motifs is 1. The Balaban J connectivity index is 2.36. The summed E-state index contributed by atoms with van der Waals surface area (Å²) in [4.78, 5) is 26.9. The van der Waals surface area contributed by atoms with Crippen LogP contribution in [0.15, 0.2) is 39.2 Å². The van der Waals surface area contributed by atoms with Gasteiger partial charge in [-0.2, -0.15) is 0 Å². The van der Waals surface area contributed by atoms with E-state index in [1.807, 2.05) is 29.6 Å². The molecule has 90 valence electrons. The van der Waals surface area contributed by atoms with Gasteiger partial charge in [-0.25, -0.2) is 0 Å². The third kappa shape index (κ3) is 1.54. The zero-order valence-corrected chi connectivity index (χ0v) is 9.88. The molecular formula is C12H8N2O3S. The van der Waals surface area contributed by atoms with Crippen molar-refractivity contribution < 1.29 is 5.11 Å². The first-order chi connectivity index (χ1) is 8.66. The molecule has 0 amide bonds. The molecule has 3 N–H and O–H groups in total. The lowest BCUT2D eigenvalue weighted by Crippen LogP contribution is -2.29. The van der Waals surface area contributed by atoms with E-state index in [0.717, 1.165) is 10.1 Å². The van der Waals surface area contributed by atoms with Crippen LogP contribution >= 0.6 is 11.3 Å². The van der Waals surface area contributed by atoms with Gasteiger partial charge in [-0.15, -0.1) is 11.3 Å². The summed E-state index contributed by atoms with van der Waals surface area (Å²) in [5, 5.41) is 12.5. The highest BCUT2D eigenvalue weighted by Crippen LogP contribution is 2.34. The van der Waals surface area contributed by atoms with E-state index in [0.29, 0.717) is 5.56 Å². The van der Waals surface area contributed by atoms with Crippen molar-refractivity contribution in [3.05, 3.63) is 50.4 Å². The lowest BCUT2D eigenvalue weighted by molar-refractivity contribution is 0.450. The first kappa shape index (κ1) is 10.8. The zero-order chi connectivity index (χ0) is 12.7. The SMILES string of the molecule is O=c1[nH]c(O)c(-c2csc3ccccc23)[nH]c1=O. The molecule has 0 fully saturated rings. The monoisotopic (exact) mass is 260 g/mol. The van der Waals surface area contributed by atoms with Gasteiger partial charge >= 0.3 is 11.1 Å². The molecule has 0 aliphatic rings. The number of aromatic amines is 2. The topological polar surface area (TPSA) is 85.9 Å². The van der Waals surface area contributed by atoms with E-state index in [1.165, 1.54) is 11.3 Å². The normalized spacial score (nSPS) is 10.9. The number of thiophene rings is 1. The van der Waals surface area contributed by atoms with Crippen molar-refractivity contribution in [1.29, 1.82) is 0 Å². The van der Waals surface area contributed by atoms with Gasteiger partial charge in [-0.3, -0.25) is 14.6 Å². The van der Waals surface area contributed by atoms with Gasteiger partial charge in [0.1, 0.15) is 5.69 Å². The molecule has 0 spiro atoms. The van der Waals surface area contributed by atoms with Gasteiger partial charge in [0.2, 0.25) is 5.88 Å². The van der Waals surface area contributed by atoms with Gasteiger partial charge < -0.3 is 10.1 Å². The summed E-state index contributed by atoms with van der Waals surface area (Å²) in [7, 11) is 0. The summed E-state index contributed by atoms with van der Waals surface area (Å²) < 4.78 is 1.04. The third-order valence-corrected chi connectivity index (χ3v) is 3.63. The fourth-order valence-electron chi connectivity index (χ4n) is 1.82. The van der Waals surface area contributed by atoms with Gasteiger partial charge in [-0.05, 0) is 6.07 Å². The molecule has 3 rings (SSSR count). The Morgan fingerprint density at radius 3 is 2.61 bits per heavy atom. The van der Waals surface area contributed by atoms with E-state index in [4.69, 9.17) is 0 Å². The second kappa shape index (κ2) is 3.85. The Bertz CT molecular complexity index is 844. The highest BCUT2D eigenvalue weighted by Gasteiger charge is 2.12. The van der Waals surface area contributed by atoms with Crippen LogP contribution in [-0.2, 0) is 0 Å². The van der Waals surface area contributed by atoms with Crippen LogP contribution in [0.25, 0.3) is 21.3 Å². The molecule has 0 saturated carbocycles. The molecule has 0 radical (unpaired) electrons. The molecule has 2 aromatic heterocycles. The molecular weight excluding hydrogens is 252 g/mol. The maximum atomic E-state index is 11.3. The molecule has 0 atom stereocenters. The van der Waals surface area contributed by atoms with Crippen LogP contribution in [-0.4, -0.2) is 15.1 Å². The summed E-state index contributed by atoms with van der Waals surface area (Å²) in [6.07, 6.45) is 0. The fourth-order valence-corrected chi connectivity index (χ4v) is 2.77. The number of H-pyrrole nitrogens is 2. The van der Waals surface area contributed by atoms with Crippen LogP contribution < -0.4 is 11.1 Å². The maximum Gasteiger partial charge on any atom is 0.316 e. The van der Waals surface area contributed by atoms with Crippen LogP contribution in [0.1, 0.15) is 0 Å². The Kier molecular flexibility index (Phi) is 2.31. The minimum atomic E-state index is -0.865. The lowest BCUT2D eigenvalue weighted by atomic mass is 10.1. The number of aromatic hydroxyl groups is 1. The summed E-state index contributed by atoms with van der Waals surface area (Å²) in [6.45, 7) is 0. The molecule has 0 saturated heterocycles. The van der Waals surface area contributed by atoms with E-state index in [9.17, 15) is 14.7 Å². The number of benzene rings is 1. The van der Waals surface area contributed by atoms with Crippen molar-refractivity contribution in [2.45, 2.75) is 0 Å². The van der Waals surface area contributed by atoms with Gasteiger partial charge in [0.25, 0.3) is 0 Å². The zero-order valence-electron chi connectivity index (χ0n) is 9.06. The van der Waals surface area contributed by atoms with E-state index in [2.05, 4.69) is 9.97 Å². The van der Waals surface area contributed by atoms with E-state index >= 15 is 0 Å². The van der Waals surface area contributed by atoms with Crippen molar-refractivity contribution in [2.75, 3.05) is 0 Å². The Hall–Kier alpha value is -2.34. The summed E-state index contributed by atoms with van der Waals surface area (Å²) >= 11 is 1.50. The molecule has 5 nitrogen and oxygen atoms in total. The molecule has 1 aromatic carbocycles. The second-order valence-electron chi connectivity index (χ2n) is 3.78. The summed E-state index contributed by atoms with van der Waals surface area (Å²) in [5.74, 6) is -0.330. The summed E-state index contributed by atoms with van der Waals surface area (Å²) in [6, 6.07) is 7.63. The Morgan fingerprint density at radius 2 is 1.78 bits per heavy atom. The van der Waals surface area contributed by atoms with Gasteiger partial charge in [-0.1, -0.05) is 18.2 Å². The predicted molar refractivity (Wildman–Crippen MR) is 70.2 cm³/mol. The minimum absolute atomic E-state index is 0.233. The quantitative estimate of drug-likeness (QED) is 0.581. The smallest absolute Gasteiger partial charge is 0.316 e. The fraction of sp³-hybridized carbons (Fsp3) is 0. The van der Waals surface area contributed by atoms with Gasteiger partial charge in [0.05, 0.1) is 0 Å². The Labute approximate surface area is 104 Å². The Morgan fingerprint density at radius 1 is 1.06 bits per heavy atom. The van der Waals surface area contributed by atoms with Crippen molar-refractivity contribution in [3.63, 3.8) is 0 Å². The third-order valence-electron chi connectivity index (χ3n) is 2.66. The largest absolute Gasteiger partial charge is 0.493 e. The predicted octanol–water partition coefficient (Wildman–Crippen LogP) is 1.65. The van der Waals surface area contributed by atoms with Crippen LogP contribution in [0.5, 0.6) is 5.88 Å². The number of rotatable bonds is 1. The van der Waals surface area contributed by atoms with Crippen LogP contribution in [0.3, 0.4) is 0 Å². The van der Waals surface area contributed by atoms with Crippen LogP contribution in [0.2, 0.25) is 0 Å². The van der Waals surface area contributed by atoms with Crippen LogP contribution in [0, 0.1) is 0 Å². The highest BCUT2D eigenvalue weighted by molar-refractivity contribution is 7.17. The molecule has 0 bridgehead atoms. The molecule has 18 heavy (non-hydrogen) atoms. The lowest BCUT2D eigenvalue weighted by Gasteiger charge is -2.01. The van der Waals surface area contributed by atoms with Crippen LogP contribution in [0.4, 0.5) is 0 Å². The van der Waals surface area contributed by atoms with Crippen molar-refractivity contribution >= 4 is 21.4 Å². The second-order valence-corrected chi connectivity index (χ2v) is 4.69. The molecule has 0 aliphatic heterocycles. The first-order valence-electron chi connectivity index (χ1n) is 5.19. The van der Waals surface area contributed by atoms with Gasteiger partial charge in [0.15, 0.2) is 0 Å². The highest BCUT2D eigenvalue weighted by atomic mass is 32.1. The number of aromatic nitrogens is 2. The number of nitrogens with one attached hydrogen (secondary N) is 2. The number of hydrogen-bond acceptors (Lipinski definition) is 4. The van der Waals surface area contributed by atoms with E-state index < -0.39 is 11.1 Å². The maximum absolute atomic E-state index is 11.3. The van der Waals surface area contributed by atoms with E-state index in [-0.39, 0.29) is 11.6 Å². The molecule has 3 aromatic rings. The average molecular weight is 260 g/mol. The van der Waals surface area contributed by atoms with Crippen molar-refractivity contribution in [1.82, 2.24) is 9.97 Å². The minimum Gasteiger partial charge on any atom is -0.493 e. The van der Waals surface area contributed by atoms with E-state index in [1.54, 1.807) is 0 Å². The first-order valence-corrected chi connectivity index (χ1v) is 6.07. The average Bonchev–Trinajstić information content (AvgIpc) is 2.78. The van der Waals surface area contributed by atoms with Gasteiger partial charge in [0, 0.05) is 21.0 Å². The molecule has 0 aliphatic carbocycles. The molecule has 2 heterocycles. The van der Waals surface area contributed by atoms with Crippen molar-refractivity contribution in [2.24, 2.45) is 0 Å². The number of hydrogen-bond donors (Lipinski definition) is 3. The molecule has 0 unspecified atom stereocenters. The summed E-state index contributed by atoms with van der Waals surface area (Å²) in [5.41, 5.74) is -0.715. The molecule has 6 heteroatoms.